The van der Waals surface area contributed by atoms with Crippen molar-refractivity contribution in [2.75, 3.05) is 13.2 Å². The minimum absolute atomic E-state index is 0.0157. The second-order valence-corrected chi connectivity index (χ2v) is 5.92. The van der Waals surface area contributed by atoms with Crippen LogP contribution in [0.25, 0.3) is 11.0 Å². The van der Waals surface area contributed by atoms with Gasteiger partial charge in [-0.3, -0.25) is 9.20 Å². The van der Waals surface area contributed by atoms with Crippen LogP contribution in [0.2, 0.25) is 5.15 Å². The maximum atomic E-state index is 12.2. The van der Waals surface area contributed by atoms with Gasteiger partial charge >= 0.3 is 0 Å². The second kappa shape index (κ2) is 5.55. The number of aliphatic hydroxyl groups is 1. The summed E-state index contributed by atoms with van der Waals surface area (Å²) >= 11 is 7.56. The molecule has 1 atom stereocenters. The van der Waals surface area contributed by atoms with Gasteiger partial charge in [-0.1, -0.05) is 11.6 Å². The third-order valence-electron chi connectivity index (χ3n) is 3.51. The van der Waals surface area contributed by atoms with Gasteiger partial charge in [-0.2, -0.15) is 0 Å². The molecule has 1 amide bonds. The van der Waals surface area contributed by atoms with Crippen LogP contribution in [0.4, 0.5) is 0 Å². The molecule has 0 unspecified atom stereocenters. The molecule has 1 aliphatic heterocycles. The molecule has 0 aromatic carbocycles. The zero-order valence-electron chi connectivity index (χ0n) is 10.7. The molecule has 7 heteroatoms. The van der Waals surface area contributed by atoms with E-state index in [1.807, 2.05) is 16.0 Å². The topological polar surface area (TPSA) is 57.8 Å². The number of nitrogens with zero attached hydrogens (tertiary/aromatic N) is 3. The number of carbonyl (C=O) groups excluding carboxylic acids is 1. The summed E-state index contributed by atoms with van der Waals surface area (Å²) in [5.74, 6) is -0.0946. The smallest absolute Gasteiger partial charge is 0.246 e. The first-order valence-corrected chi connectivity index (χ1v) is 7.67. The van der Waals surface area contributed by atoms with Gasteiger partial charge in [0.2, 0.25) is 5.91 Å². The summed E-state index contributed by atoms with van der Waals surface area (Å²) in [6.07, 6.45) is 6.85. The Kier molecular flexibility index (Phi) is 3.78. The number of thiazole rings is 1. The van der Waals surface area contributed by atoms with E-state index in [0.29, 0.717) is 17.4 Å². The van der Waals surface area contributed by atoms with Crippen LogP contribution in [0.15, 0.2) is 17.7 Å². The number of halogens is 1. The summed E-state index contributed by atoms with van der Waals surface area (Å²) in [7, 11) is 0. The van der Waals surface area contributed by atoms with Gasteiger partial charge in [0.05, 0.1) is 18.3 Å². The highest BCUT2D eigenvalue weighted by atomic mass is 35.5. The lowest BCUT2D eigenvalue weighted by molar-refractivity contribution is -0.127. The predicted octanol–water partition coefficient (Wildman–Crippen LogP) is 2.05. The van der Waals surface area contributed by atoms with E-state index in [1.54, 1.807) is 11.0 Å². The molecule has 0 saturated carbocycles. The third-order valence-corrected chi connectivity index (χ3v) is 4.54. The second-order valence-electron chi connectivity index (χ2n) is 4.69. The first kappa shape index (κ1) is 13.6. The van der Waals surface area contributed by atoms with Gasteiger partial charge in [-0.15, -0.1) is 11.3 Å². The summed E-state index contributed by atoms with van der Waals surface area (Å²) in [6, 6.07) is -0.0609. The lowest BCUT2D eigenvalue weighted by Crippen LogP contribution is -2.36. The summed E-state index contributed by atoms with van der Waals surface area (Å²) < 4.78 is 1.85. The number of hydrogen-bond donors (Lipinski definition) is 1. The molecule has 3 heterocycles. The number of aliphatic hydroxyl groups excluding tert-OH is 1. The van der Waals surface area contributed by atoms with Crippen molar-refractivity contribution in [1.82, 2.24) is 14.3 Å². The van der Waals surface area contributed by atoms with Crippen molar-refractivity contribution >= 4 is 39.9 Å². The highest BCUT2D eigenvalue weighted by Gasteiger charge is 2.26. The molecule has 1 N–H and O–H groups in total. The Morgan fingerprint density at radius 3 is 3.30 bits per heavy atom. The van der Waals surface area contributed by atoms with Crippen molar-refractivity contribution in [2.45, 2.75) is 18.9 Å². The fourth-order valence-electron chi connectivity index (χ4n) is 2.49. The molecule has 2 aromatic heterocycles. The van der Waals surface area contributed by atoms with Crippen LogP contribution in [0.3, 0.4) is 0 Å². The molecule has 20 heavy (non-hydrogen) atoms. The van der Waals surface area contributed by atoms with E-state index < -0.39 is 0 Å². The van der Waals surface area contributed by atoms with Crippen LogP contribution in [0.5, 0.6) is 0 Å². The number of carbonyl (C=O) groups is 1. The number of amides is 1. The lowest BCUT2D eigenvalue weighted by atomic mass is 10.2. The Morgan fingerprint density at radius 2 is 2.50 bits per heavy atom. The van der Waals surface area contributed by atoms with E-state index in [-0.39, 0.29) is 18.6 Å². The maximum Gasteiger partial charge on any atom is 0.246 e. The Bertz CT molecular complexity index is 664. The van der Waals surface area contributed by atoms with Gasteiger partial charge in [-0.05, 0) is 18.9 Å². The van der Waals surface area contributed by atoms with E-state index in [9.17, 15) is 9.90 Å². The van der Waals surface area contributed by atoms with Crippen LogP contribution >= 0.6 is 22.9 Å². The minimum Gasteiger partial charge on any atom is -0.394 e. The normalized spacial score (nSPS) is 19.5. The molecule has 1 aliphatic rings. The molecule has 0 bridgehead atoms. The lowest BCUT2D eigenvalue weighted by Gasteiger charge is -2.21. The average Bonchev–Trinajstić information content (AvgIpc) is 3.11. The number of hydrogen-bond acceptors (Lipinski definition) is 4. The number of rotatable bonds is 3. The fourth-order valence-corrected chi connectivity index (χ4v) is 3.49. The first-order chi connectivity index (χ1) is 9.70. The Balaban J connectivity index is 1.81. The first-order valence-electron chi connectivity index (χ1n) is 6.41. The fraction of sp³-hybridized carbons (Fsp3) is 0.385. The molecule has 106 valence electrons. The zero-order valence-corrected chi connectivity index (χ0v) is 12.3. The minimum atomic E-state index is -0.0946. The van der Waals surface area contributed by atoms with Crippen molar-refractivity contribution < 1.29 is 9.90 Å². The van der Waals surface area contributed by atoms with Gasteiger partial charge in [0.1, 0.15) is 0 Å². The highest BCUT2D eigenvalue weighted by molar-refractivity contribution is 7.15. The van der Waals surface area contributed by atoms with Crippen LogP contribution in [-0.2, 0) is 4.79 Å². The summed E-state index contributed by atoms with van der Waals surface area (Å²) in [4.78, 5) is 18.9. The van der Waals surface area contributed by atoms with Gasteiger partial charge < -0.3 is 10.0 Å². The average molecular weight is 312 g/mol. The molecule has 0 aliphatic carbocycles. The molecule has 1 fully saturated rings. The SMILES string of the molecule is O=C(/C=C/c1c(Cl)nc2sccn12)N1CCC[C@@H]1CO. The van der Waals surface area contributed by atoms with Gasteiger partial charge in [0, 0.05) is 24.2 Å². The van der Waals surface area contributed by atoms with Crippen molar-refractivity contribution in [3.8, 4) is 0 Å². The van der Waals surface area contributed by atoms with Gasteiger partial charge in [-0.25, -0.2) is 4.98 Å². The van der Waals surface area contributed by atoms with Crippen molar-refractivity contribution in [2.24, 2.45) is 0 Å². The van der Waals surface area contributed by atoms with Gasteiger partial charge in [0.25, 0.3) is 0 Å². The van der Waals surface area contributed by atoms with E-state index in [0.717, 1.165) is 17.8 Å². The van der Waals surface area contributed by atoms with Crippen molar-refractivity contribution in [1.29, 1.82) is 0 Å². The predicted molar refractivity (Wildman–Crippen MR) is 78.9 cm³/mol. The Hall–Kier alpha value is -1.37. The molecular formula is C13H14ClN3O2S. The van der Waals surface area contributed by atoms with Crippen LogP contribution in [0.1, 0.15) is 18.5 Å². The summed E-state index contributed by atoms with van der Waals surface area (Å²) in [6.45, 7) is 0.712. The summed E-state index contributed by atoms with van der Waals surface area (Å²) in [5.41, 5.74) is 0.705. The Labute approximate surface area is 125 Å². The standard InChI is InChI=1S/C13H14ClN3O2S/c14-12-10(17-6-7-20-13(17)15-12)3-4-11(19)16-5-1-2-9(16)8-18/h3-4,6-7,9,18H,1-2,5,8H2/b4-3+/t9-/m1/s1. The molecule has 1 saturated heterocycles. The molecular weight excluding hydrogens is 298 g/mol. The number of aromatic nitrogens is 2. The zero-order chi connectivity index (χ0) is 14.1. The van der Waals surface area contributed by atoms with E-state index >= 15 is 0 Å². The highest BCUT2D eigenvalue weighted by Crippen LogP contribution is 2.23. The Morgan fingerprint density at radius 1 is 1.65 bits per heavy atom. The van der Waals surface area contributed by atoms with Crippen LogP contribution < -0.4 is 0 Å². The molecule has 0 radical (unpaired) electrons. The van der Waals surface area contributed by atoms with E-state index in [4.69, 9.17) is 11.6 Å². The van der Waals surface area contributed by atoms with Crippen LogP contribution in [-0.4, -0.2) is 44.5 Å². The molecule has 5 nitrogen and oxygen atoms in total. The largest absolute Gasteiger partial charge is 0.394 e. The quantitative estimate of drug-likeness (QED) is 0.883. The molecule has 2 aromatic rings. The summed E-state index contributed by atoms with van der Waals surface area (Å²) in [5, 5.41) is 11.5. The monoisotopic (exact) mass is 311 g/mol. The van der Waals surface area contributed by atoms with Crippen molar-refractivity contribution in [3.63, 3.8) is 0 Å². The van der Waals surface area contributed by atoms with Gasteiger partial charge in [0.15, 0.2) is 10.1 Å². The van der Waals surface area contributed by atoms with E-state index in [2.05, 4.69) is 4.98 Å². The van der Waals surface area contributed by atoms with Crippen molar-refractivity contribution in [3.05, 3.63) is 28.5 Å². The molecule has 0 spiro atoms. The van der Waals surface area contributed by atoms with E-state index in [1.165, 1.54) is 17.4 Å². The number of imidazole rings is 1. The number of likely N-dealkylation sites (tertiary alicyclic amines) is 1. The molecule has 3 rings (SSSR count). The van der Waals surface area contributed by atoms with Crippen LogP contribution in [0, 0.1) is 0 Å². The third kappa shape index (κ3) is 2.34. The number of fused-ring (bicyclic) bond motifs is 1. The maximum absolute atomic E-state index is 12.2.